The minimum absolute atomic E-state index is 0.0348. The molecule has 21 heavy (non-hydrogen) atoms. The van der Waals surface area contributed by atoms with Crippen LogP contribution in [0.5, 0.6) is 0 Å². The van der Waals surface area contributed by atoms with Gasteiger partial charge in [0.2, 0.25) is 0 Å². The maximum Gasteiger partial charge on any atom is 0.136 e. The molecular weight excluding hydrogens is 262 g/mol. The van der Waals surface area contributed by atoms with Crippen LogP contribution in [0.2, 0.25) is 0 Å². The smallest absolute Gasteiger partial charge is 0.136 e. The van der Waals surface area contributed by atoms with Crippen LogP contribution >= 0.6 is 0 Å². The largest absolute Gasteiger partial charge is 0.375 e. The highest BCUT2D eigenvalue weighted by atomic mass is 16.5. The molecule has 1 heterocycles. The van der Waals surface area contributed by atoms with Gasteiger partial charge in [-0.3, -0.25) is 4.79 Å². The number of carbonyl (C=O) groups is 1. The second-order valence-electron chi connectivity index (χ2n) is 7.68. The Morgan fingerprint density at radius 3 is 2.62 bits per heavy atom. The molecule has 2 rings (SSSR count). The molecule has 2 N–H and O–H groups in total. The second kappa shape index (κ2) is 7.73. The third kappa shape index (κ3) is 4.79. The summed E-state index contributed by atoms with van der Waals surface area (Å²) >= 11 is 0. The van der Waals surface area contributed by atoms with Gasteiger partial charge in [-0.1, -0.05) is 33.1 Å². The number of hydrogen-bond donors (Lipinski definition) is 1. The van der Waals surface area contributed by atoms with Crippen molar-refractivity contribution in [3.05, 3.63) is 0 Å². The SMILES string of the molecule is CC(C)CC(CN)CC(=O)C1CCOC2(CCCCC2)C1. The Morgan fingerprint density at radius 1 is 1.29 bits per heavy atom. The van der Waals surface area contributed by atoms with E-state index in [1.54, 1.807) is 0 Å². The number of hydrogen-bond acceptors (Lipinski definition) is 3. The highest BCUT2D eigenvalue weighted by Gasteiger charge is 2.40. The molecule has 1 spiro atoms. The van der Waals surface area contributed by atoms with Gasteiger partial charge < -0.3 is 10.5 Å². The topological polar surface area (TPSA) is 52.3 Å². The molecule has 2 aliphatic rings. The van der Waals surface area contributed by atoms with Gasteiger partial charge in [-0.25, -0.2) is 0 Å². The third-order valence-corrected chi connectivity index (χ3v) is 5.34. The first-order valence-electron chi connectivity index (χ1n) is 8.91. The summed E-state index contributed by atoms with van der Waals surface area (Å²) in [5.74, 6) is 1.64. The van der Waals surface area contributed by atoms with Crippen LogP contribution in [-0.4, -0.2) is 24.5 Å². The molecule has 2 unspecified atom stereocenters. The molecule has 1 aliphatic heterocycles. The van der Waals surface area contributed by atoms with Crippen LogP contribution < -0.4 is 5.73 Å². The van der Waals surface area contributed by atoms with E-state index >= 15 is 0 Å². The Balaban J connectivity index is 1.89. The average molecular weight is 295 g/mol. The summed E-state index contributed by atoms with van der Waals surface area (Å²) in [5, 5.41) is 0. The van der Waals surface area contributed by atoms with Crippen LogP contribution in [0.25, 0.3) is 0 Å². The summed E-state index contributed by atoms with van der Waals surface area (Å²) in [7, 11) is 0. The zero-order chi connectivity index (χ0) is 15.3. The lowest BCUT2D eigenvalue weighted by Crippen LogP contribution is -2.43. The highest BCUT2D eigenvalue weighted by molar-refractivity contribution is 5.81. The molecule has 3 heteroatoms. The fraction of sp³-hybridized carbons (Fsp3) is 0.944. The molecule has 1 aliphatic carbocycles. The number of carbonyl (C=O) groups excluding carboxylic acids is 1. The van der Waals surface area contributed by atoms with Crippen LogP contribution in [0, 0.1) is 17.8 Å². The molecule has 3 nitrogen and oxygen atoms in total. The van der Waals surface area contributed by atoms with Crippen LogP contribution in [0.15, 0.2) is 0 Å². The quantitative estimate of drug-likeness (QED) is 0.813. The molecule has 0 aromatic heterocycles. The van der Waals surface area contributed by atoms with Gasteiger partial charge in [0, 0.05) is 18.9 Å². The summed E-state index contributed by atoms with van der Waals surface area (Å²) in [4.78, 5) is 12.7. The second-order valence-corrected chi connectivity index (χ2v) is 7.68. The maximum atomic E-state index is 12.7. The van der Waals surface area contributed by atoms with E-state index in [0.29, 0.717) is 30.6 Å². The first kappa shape index (κ1) is 17.0. The van der Waals surface area contributed by atoms with Gasteiger partial charge in [0.25, 0.3) is 0 Å². The van der Waals surface area contributed by atoms with Gasteiger partial charge in [-0.2, -0.15) is 0 Å². The van der Waals surface area contributed by atoms with Gasteiger partial charge >= 0.3 is 0 Å². The monoisotopic (exact) mass is 295 g/mol. The Labute approximate surface area is 130 Å². The van der Waals surface area contributed by atoms with Crippen molar-refractivity contribution in [2.75, 3.05) is 13.2 Å². The normalized spacial score (nSPS) is 27.0. The Morgan fingerprint density at radius 2 is 2.00 bits per heavy atom. The number of Topliss-reactive ketones (excluding diaryl/α,β-unsaturated/α-hetero) is 1. The van der Waals surface area contributed by atoms with Crippen molar-refractivity contribution in [1.82, 2.24) is 0 Å². The van der Waals surface area contributed by atoms with Gasteiger partial charge in [0.05, 0.1) is 5.60 Å². The van der Waals surface area contributed by atoms with E-state index < -0.39 is 0 Å². The zero-order valence-corrected chi connectivity index (χ0v) is 13.9. The summed E-state index contributed by atoms with van der Waals surface area (Å²) in [6.45, 7) is 5.82. The number of ether oxygens (including phenoxy) is 1. The van der Waals surface area contributed by atoms with Gasteiger partial charge in [0.1, 0.15) is 5.78 Å². The van der Waals surface area contributed by atoms with Crippen molar-refractivity contribution in [1.29, 1.82) is 0 Å². The lowest BCUT2D eigenvalue weighted by molar-refractivity contribution is -0.143. The minimum Gasteiger partial charge on any atom is -0.375 e. The molecule has 0 amide bonds. The Bertz CT molecular complexity index is 329. The number of nitrogens with two attached hydrogens (primary N) is 1. The van der Waals surface area contributed by atoms with E-state index in [1.165, 1.54) is 19.3 Å². The maximum absolute atomic E-state index is 12.7. The summed E-state index contributed by atoms with van der Waals surface area (Å²) < 4.78 is 6.11. The van der Waals surface area contributed by atoms with Gasteiger partial charge in [-0.15, -0.1) is 0 Å². The van der Waals surface area contributed by atoms with E-state index in [0.717, 1.165) is 38.7 Å². The predicted octanol–water partition coefficient (Wildman–Crippen LogP) is 3.70. The van der Waals surface area contributed by atoms with Crippen molar-refractivity contribution in [3.63, 3.8) is 0 Å². The highest BCUT2D eigenvalue weighted by Crippen LogP contribution is 2.41. The molecule has 0 aromatic carbocycles. The minimum atomic E-state index is 0.0348. The lowest BCUT2D eigenvalue weighted by atomic mass is 9.74. The van der Waals surface area contributed by atoms with Gasteiger partial charge in [0.15, 0.2) is 0 Å². The Kier molecular flexibility index (Phi) is 6.24. The predicted molar refractivity (Wildman–Crippen MR) is 86.1 cm³/mol. The van der Waals surface area contributed by atoms with E-state index in [1.807, 2.05) is 0 Å². The number of rotatable bonds is 6. The average Bonchev–Trinajstić information content (AvgIpc) is 2.46. The van der Waals surface area contributed by atoms with Crippen molar-refractivity contribution in [2.45, 2.75) is 77.2 Å². The van der Waals surface area contributed by atoms with Crippen LogP contribution in [0.3, 0.4) is 0 Å². The summed E-state index contributed by atoms with van der Waals surface area (Å²) in [5.41, 5.74) is 5.89. The first-order valence-corrected chi connectivity index (χ1v) is 8.91. The van der Waals surface area contributed by atoms with Gasteiger partial charge in [-0.05, 0) is 50.5 Å². The fourth-order valence-corrected chi connectivity index (χ4v) is 4.23. The van der Waals surface area contributed by atoms with Crippen molar-refractivity contribution >= 4 is 5.78 Å². The van der Waals surface area contributed by atoms with E-state index in [4.69, 9.17) is 10.5 Å². The zero-order valence-electron chi connectivity index (χ0n) is 13.9. The first-order chi connectivity index (χ1) is 10.0. The molecule has 0 bridgehead atoms. The molecule has 1 saturated heterocycles. The molecule has 1 saturated carbocycles. The van der Waals surface area contributed by atoms with Crippen molar-refractivity contribution < 1.29 is 9.53 Å². The molecule has 0 radical (unpaired) electrons. The van der Waals surface area contributed by atoms with Crippen LogP contribution in [0.1, 0.15) is 71.6 Å². The van der Waals surface area contributed by atoms with Crippen LogP contribution in [-0.2, 0) is 9.53 Å². The fourth-order valence-electron chi connectivity index (χ4n) is 4.23. The van der Waals surface area contributed by atoms with Crippen molar-refractivity contribution in [3.8, 4) is 0 Å². The number of ketones is 1. The molecular formula is C18H33NO2. The van der Waals surface area contributed by atoms with Crippen LogP contribution in [0.4, 0.5) is 0 Å². The Hall–Kier alpha value is -0.410. The van der Waals surface area contributed by atoms with Crippen molar-refractivity contribution in [2.24, 2.45) is 23.5 Å². The summed E-state index contributed by atoms with van der Waals surface area (Å²) in [6.07, 6.45) is 9.79. The lowest BCUT2D eigenvalue weighted by Gasteiger charge is -2.43. The molecule has 2 atom stereocenters. The molecule has 122 valence electrons. The summed E-state index contributed by atoms with van der Waals surface area (Å²) in [6, 6.07) is 0. The standard InChI is InChI=1S/C18H33NO2/c1-14(2)10-15(13-19)11-17(20)16-6-9-21-18(12-16)7-4-3-5-8-18/h14-16H,3-13,19H2,1-2H3. The van der Waals surface area contributed by atoms with E-state index in [2.05, 4.69) is 13.8 Å². The van der Waals surface area contributed by atoms with E-state index in [-0.39, 0.29) is 11.5 Å². The molecule has 2 fully saturated rings. The molecule has 0 aromatic rings. The third-order valence-electron chi connectivity index (χ3n) is 5.34. The van der Waals surface area contributed by atoms with E-state index in [9.17, 15) is 4.79 Å².